The lowest BCUT2D eigenvalue weighted by Gasteiger charge is -2.44. The number of piperidine rings is 1. The molecule has 7 nitrogen and oxygen atoms in total. The molecule has 2 aromatic rings. The van der Waals surface area contributed by atoms with Gasteiger partial charge in [-0.05, 0) is 50.5 Å². The second-order valence-corrected chi connectivity index (χ2v) is 9.00. The normalized spacial score (nSPS) is 18.0. The topological polar surface area (TPSA) is 91.8 Å². The van der Waals surface area contributed by atoms with Crippen molar-refractivity contribution in [1.82, 2.24) is 10.3 Å². The minimum Gasteiger partial charge on any atom is -0.477 e. The molecule has 1 saturated heterocycles. The van der Waals surface area contributed by atoms with Gasteiger partial charge in [-0.25, -0.2) is 9.78 Å². The fourth-order valence-corrected chi connectivity index (χ4v) is 5.18. The third-order valence-electron chi connectivity index (χ3n) is 5.54. The summed E-state index contributed by atoms with van der Waals surface area (Å²) in [4.78, 5) is 31.8. The van der Waals surface area contributed by atoms with Crippen LogP contribution in [0.3, 0.4) is 0 Å². The Kier molecular flexibility index (Phi) is 5.31. The maximum atomic E-state index is 12.3. The molecule has 1 amide bonds. The average Bonchev–Trinajstić information content (AvgIpc) is 3.15. The lowest BCUT2D eigenvalue weighted by atomic mass is 9.82. The van der Waals surface area contributed by atoms with Crippen LogP contribution in [0.4, 0.5) is 5.82 Å². The van der Waals surface area contributed by atoms with Crippen molar-refractivity contribution in [3.8, 4) is 0 Å². The van der Waals surface area contributed by atoms with E-state index in [4.69, 9.17) is 4.74 Å². The summed E-state index contributed by atoms with van der Waals surface area (Å²) in [5.41, 5.74) is 1.23. The summed E-state index contributed by atoms with van der Waals surface area (Å²) < 4.78 is 6.22. The average molecular weight is 416 g/mol. The number of carboxylic acids is 1. The number of fused-ring (bicyclic) bond motifs is 2. The summed E-state index contributed by atoms with van der Waals surface area (Å²) in [6, 6.07) is 5.43. The molecule has 2 aliphatic rings. The molecular formula is C21H25N3O4S. The maximum absolute atomic E-state index is 12.3. The fraction of sp³-hybridized carbons (Fsp3) is 0.476. The van der Waals surface area contributed by atoms with E-state index in [-0.39, 0.29) is 11.9 Å². The van der Waals surface area contributed by atoms with Crippen LogP contribution in [0.25, 0.3) is 0 Å². The standard InChI is InChI=1S/C21H25N3O4S/c1-13(2)23-19(25)14-3-7-22-18(11-14)24-8-5-21(6-9-24)15-12-17(20(26)27)29-16(15)4-10-28-21/h3,7,11-13H,4-6,8-10H2,1-2H3,(H,23,25)(H,26,27). The number of aromatic carboxylic acids is 1. The number of pyridine rings is 1. The Morgan fingerprint density at radius 3 is 2.76 bits per heavy atom. The minimum atomic E-state index is -0.877. The number of anilines is 1. The third-order valence-corrected chi connectivity index (χ3v) is 6.72. The fourth-order valence-electron chi connectivity index (χ4n) is 4.11. The number of hydrogen-bond acceptors (Lipinski definition) is 6. The van der Waals surface area contributed by atoms with E-state index >= 15 is 0 Å². The smallest absolute Gasteiger partial charge is 0.345 e. The predicted molar refractivity (Wildman–Crippen MR) is 111 cm³/mol. The predicted octanol–water partition coefficient (Wildman–Crippen LogP) is 3.05. The number of nitrogens with zero attached hydrogens (tertiary/aromatic N) is 2. The highest BCUT2D eigenvalue weighted by molar-refractivity contribution is 7.14. The zero-order valence-corrected chi connectivity index (χ0v) is 17.4. The van der Waals surface area contributed by atoms with Crippen LogP contribution < -0.4 is 10.2 Å². The quantitative estimate of drug-likeness (QED) is 0.798. The molecule has 29 heavy (non-hydrogen) atoms. The summed E-state index contributed by atoms with van der Waals surface area (Å²) in [6.45, 7) is 5.96. The number of rotatable bonds is 4. The van der Waals surface area contributed by atoms with Crippen LogP contribution >= 0.6 is 11.3 Å². The van der Waals surface area contributed by atoms with E-state index in [1.807, 2.05) is 19.9 Å². The van der Waals surface area contributed by atoms with Crippen LogP contribution in [-0.4, -0.2) is 47.7 Å². The largest absolute Gasteiger partial charge is 0.477 e. The van der Waals surface area contributed by atoms with Gasteiger partial charge in [0.1, 0.15) is 10.7 Å². The van der Waals surface area contributed by atoms with Crippen molar-refractivity contribution in [2.45, 2.75) is 44.8 Å². The van der Waals surface area contributed by atoms with E-state index in [9.17, 15) is 14.7 Å². The second-order valence-electron chi connectivity index (χ2n) is 7.86. The lowest BCUT2D eigenvalue weighted by Crippen LogP contribution is -2.46. The lowest BCUT2D eigenvalue weighted by molar-refractivity contribution is -0.0757. The molecule has 0 radical (unpaired) electrons. The molecule has 2 aromatic heterocycles. The van der Waals surface area contributed by atoms with Gasteiger partial charge >= 0.3 is 5.97 Å². The number of carbonyl (C=O) groups excluding carboxylic acids is 1. The highest BCUT2D eigenvalue weighted by atomic mass is 32.1. The Morgan fingerprint density at radius 1 is 1.31 bits per heavy atom. The second kappa shape index (κ2) is 7.76. The number of carboxylic acid groups (broad SMARTS) is 1. The van der Waals surface area contributed by atoms with Crippen molar-refractivity contribution in [2.75, 3.05) is 24.6 Å². The summed E-state index contributed by atoms with van der Waals surface area (Å²) in [6.07, 6.45) is 3.97. The summed E-state index contributed by atoms with van der Waals surface area (Å²) in [5.74, 6) is -0.196. The Bertz CT molecular complexity index is 932. The Hall–Kier alpha value is -2.45. The molecular weight excluding hydrogens is 390 g/mol. The zero-order valence-electron chi connectivity index (χ0n) is 16.6. The number of carbonyl (C=O) groups is 2. The van der Waals surface area contributed by atoms with E-state index in [0.29, 0.717) is 17.0 Å². The van der Waals surface area contributed by atoms with Gasteiger partial charge in [0.25, 0.3) is 5.91 Å². The van der Waals surface area contributed by atoms with Crippen molar-refractivity contribution in [2.24, 2.45) is 0 Å². The number of hydrogen-bond donors (Lipinski definition) is 2. The molecule has 0 bridgehead atoms. The van der Waals surface area contributed by atoms with E-state index in [2.05, 4.69) is 15.2 Å². The molecule has 1 fully saturated rings. The van der Waals surface area contributed by atoms with Gasteiger partial charge in [-0.1, -0.05) is 0 Å². The van der Waals surface area contributed by atoms with E-state index in [0.717, 1.165) is 48.6 Å². The van der Waals surface area contributed by atoms with Crippen molar-refractivity contribution in [1.29, 1.82) is 0 Å². The number of amides is 1. The van der Waals surface area contributed by atoms with Gasteiger partial charge < -0.3 is 20.1 Å². The van der Waals surface area contributed by atoms with Gasteiger partial charge in [0.05, 0.1) is 12.2 Å². The summed E-state index contributed by atoms with van der Waals surface area (Å²) in [5, 5.41) is 12.3. The molecule has 8 heteroatoms. The van der Waals surface area contributed by atoms with Crippen LogP contribution in [0.15, 0.2) is 24.4 Å². The monoisotopic (exact) mass is 415 g/mol. The molecule has 0 unspecified atom stereocenters. The van der Waals surface area contributed by atoms with E-state index < -0.39 is 11.6 Å². The van der Waals surface area contributed by atoms with Crippen molar-refractivity contribution < 1.29 is 19.4 Å². The first-order valence-corrected chi connectivity index (χ1v) is 10.7. The molecule has 1 spiro atoms. The maximum Gasteiger partial charge on any atom is 0.345 e. The van der Waals surface area contributed by atoms with E-state index in [1.54, 1.807) is 18.3 Å². The highest BCUT2D eigenvalue weighted by Crippen LogP contribution is 2.45. The first-order chi connectivity index (χ1) is 13.9. The molecule has 2 N–H and O–H groups in total. The van der Waals surface area contributed by atoms with Gasteiger partial charge in [-0.15, -0.1) is 11.3 Å². The Morgan fingerprint density at radius 2 is 2.07 bits per heavy atom. The first-order valence-electron chi connectivity index (χ1n) is 9.90. The minimum absolute atomic E-state index is 0.0768. The number of ether oxygens (including phenoxy) is 1. The number of aromatic nitrogens is 1. The van der Waals surface area contributed by atoms with Crippen LogP contribution in [-0.2, 0) is 16.8 Å². The Balaban J connectivity index is 1.51. The Labute approximate surface area is 173 Å². The van der Waals surface area contributed by atoms with Crippen molar-refractivity contribution in [3.63, 3.8) is 0 Å². The van der Waals surface area contributed by atoms with Crippen LogP contribution in [0, 0.1) is 0 Å². The molecule has 2 aliphatic heterocycles. The van der Waals surface area contributed by atoms with E-state index in [1.165, 1.54) is 11.3 Å². The summed E-state index contributed by atoms with van der Waals surface area (Å²) in [7, 11) is 0. The van der Waals surface area contributed by atoms with Crippen LogP contribution in [0.2, 0.25) is 0 Å². The van der Waals surface area contributed by atoms with Crippen LogP contribution in [0.1, 0.15) is 57.2 Å². The van der Waals surface area contributed by atoms with Gasteiger partial charge in [-0.2, -0.15) is 0 Å². The third kappa shape index (κ3) is 3.86. The SMILES string of the molecule is CC(C)NC(=O)c1ccnc(N2CCC3(CC2)OCCc2sc(C(=O)O)cc23)c1. The highest BCUT2D eigenvalue weighted by Gasteiger charge is 2.42. The molecule has 4 heterocycles. The van der Waals surface area contributed by atoms with Crippen molar-refractivity contribution in [3.05, 3.63) is 45.3 Å². The molecule has 0 aromatic carbocycles. The van der Waals surface area contributed by atoms with Gasteiger partial charge in [0.15, 0.2) is 0 Å². The van der Waals surface area contributed by atoms with Gasteiger partial charge in [0, 0.05) is 42.2 Å². The first kappa shape index (κ1) is 19.8. The van der Waals surface area contributed by atoms with Crippen molar-refractivity contribution >= 4 is 29.0 Å². The molecule has 4 rings (SSSR count). The van der Waals surface area contributed by atoms with Gasteiger partial charge in [-0.3, -0.25) is 4.79 Å². The molecule has 0 atom stereocenters. The zero-order chi connectivity index (χ0) is 20.6. The molecule has 154 valence electrons. The molecule has 0 aliphatic carbocycles. The number of nitrogens with one attached hydrogen (secondary N) is 1. The molecule has 0 saturated carbocycles. The number of thiophene rings is 1. The van der Waals surface area contributed by atoms with Gasteiger partial charge in [0.2, 0.25) is 0 Å². The summed E-state index contributed by atoms with van der Waals surface area (Å²) >= 11 is 1.37. The van der Waals surface area contributed by atoms with Crippen LogP contribution in [0.5, 0.6) is 0 Å².